The van der Waals surface area contributed by atoms with Crippen LogP contribution in [0, 0.1) is 5.92 Å². The molecule has 6 nitrogen and oxygen atoms in total. The molecule has 0 aromatic carbocycles. The Kier molecular flexibility index (Phi) is 3.03. The lowest BCUT2D eigenvalue weighted by atomic mass is 9.83. The number of hydrogen-bond donors (Lipinski definition) is 1. The molecule has 0 bridgehead atoms. The van der Waals surface area contributed by atoms with Crippen molar-refractivity contribution in [1.29, 1.82) is 0 Å². The molecular formula is C12H18N4O2. The first-order valence-electron chi connectivity index (χ1n) is 6.59. The number of hydrogen-bond acceptors (Lipinski definition) is 4. The van der Waals surface area contributed by atoms with Gasteiger partial charge < -0.3 is 9.67 Å². The predicted octanol–water partition coefficient (Wildman–Crippen LogP) is 0.737. The Balaban J connectivity index is 1.76. The Bertz CT molecular complexity index is 445. The largest absolute Gasteiger partial charge is 0.481 e. The third kappa shape index (κ3) is 2.01. The van der Waals surface area contributed by atoms with Crippen molar-refractivity contribution < 1.29 is 9.90 Å². The topological polar surface area (TPSA) is 71.2 Å². The van der Waals surface area contributed by atoms with Crippen LogP contribution in [0.1, 0.15) is 31.5 Å². The van der Waals surface area contributed by atoms with Gasteiger partial charge in [0.2, 0.25) is 0 Å². The molecule has 1 aliphatic carbocycles. The van der Waals surface area contributed by atoms with Gasteiger partial charge in [-0.3, -0.25) is 9.69 Å². The van der Waals surface area contributed by atoms with E-state index in [1.54, 1.807) is 6.33 Å². The molecule has 2 atom stereocenters. The van der Waals surface area contributed by atoms with E-state index < -0.39 is 5.97 Å². The minimum Gasteiger partial charge on any atom is -0.481 e. The van der Waals surface area contributed by atoms with Gasteiger partial charge in [0.05, 0.1) is 12.5 Å². The van der Waals surface area contributed by atoms with Gasteiger partial charge >= 0.3 is 5.97 Å². The van der Waals surface area contributed by atoms with Crippen molar-refractivity contribution >= 4 is 5.97 Å². The molecule has 98 valence electrons. The molecule has 0 radical (unpaired) electrons. The number of aromatic nitrogens is 3. The average molecular weight is 250 g/mol. The fraction of sp³-hybridized carbons (Fsp3) is 0.750. The summed E-state index contributed by atoms with van der Waals surface area (Å²) in [7, 11) is 0. The number of nitrogens with zero attached hydrogens (tertiary/aromatic N) is 4. The van der Waals surface area contributed by atoms with Crippen molar-refractivity contribution in [2.75, 3.05) is 6.54 Å². The van der Waals surface area contributed by atoms with Crippen LogP contribution in [0.3, 0.4) is 0 Å². The summed E-state index contributed by atoms with van der Waals surface area (Å²) in [4.78, 5) is 13.6. The highest BCUT2D eigenvalue weighted by molar-refractivity contribution is 5.71. The molecule has 2 aliphatic rings. The van der Waals surface area contributed by atoms with Gasteiger partial charge in [0.25, 0.3) is 0 Å². The molecule has 1 aromatic rings. The zero-order chi connectivity index (χ0) is 12.5. The van der Waals surface area contributed by atoms with E-state index in [-0.39, 0.29) is 12.0 Å². The Morgan fingerprint density at radius 3 is 3.00 bits per heavy atom. The molecule has 1 fully saturated rings. The van der Waals surface area contributed by atoms with E-state index in [9.17, 15) is 9.90 Å². The third-order valence-corrected chi connectivity index (χ3v) is 4.18. The van der Waals surface area contributed by atoms with Crippen LogP contribution in [0.2, 0.25) is 0 Å². The highest BCUT2D eigenvalue weighted by Crippen LogP contribution is 2.30. The quantitative estimate of drug-likeness (QED) is 0.838. The van der Waals surface area contributed by atoms with E-state index in [0.29, 0.717) is 0 Å². The van der Waals surface area contributed by atoms with Crippen molar-refractivity contribution in [3.8, 4) is 0 Å². The zero-order valence-corrected chi connectivity index (χ0v) is 10.3. The summed E-state index contributed by atoms with van der Waals surface area (Å²) in [6.45, 7) is 2.50. The fourth-order valence-corrected chi connectivity index (χ4v) is 3.20. The monoisotopic (exact) mass is 250 g/mol. The van der Waals surface area contributed by atoms with Crippen LogP contribution in [-0.4, -0.2) is 43.3 Å². The number of carboxylic acid groups (broad SMARTS) is 1. The molecule has 0 spiro atoms. The molecule has 1 aromatic heterocycles. The van der Waals surface area contributed by atoms with E-state index >= 15 is 0 Å². The first-order valence-corrected chi connectivity index (χ1v) is 6.59. The van der Waals surface area contributed by atoms with Gasteiger partial charge in [0.15, 0.2) is 0 Å². The fourth-order valence-electron chi connectivity index (χ4n) is 3.20. The van der Waals surface area contributed by atoms with Gasteiger partial charge in [-0.15, -0.1) is 10.2 Å². The van der Waals surface area contributed by atoms with Gasteiger partial charge in [0.1, 0.15) is 12.2 Å². The SMILES string of the molecule is O=C(O)C1CCCCC1N1CCn2cnnc2C1. The van der Waals surface area contributed by atoms with Gasteiger partial charge in [-0.2, -0.15) is 0 Å². The standard InChI is InChI=1S/C12H18N4O2/c17-12(18)9-3-1-2-4-10(9)15-5-6-16-8-13-14-11(16)7-15/h8-10H,1-7H2,(H,17,18). The molecule has 6 heteroatoms. The van der Waals surface area contributed by atoms with Gasteiger partial charge in [-0.1, -0.05) is 12.8 Å². The summed E-state index contributed by atoms with van der Waals surface area (Å²) in [6, 6.07) is 0.168. The molecule has 1 aliphatic heterocycles. The number of fused-ring (bicyclic) bond motifs is 1. The lowest BCUT2D eigenvalue weighted by Crippen LogP contribution is -2.48. The summed E-state index contributed by atoms with van der Waals surface area (Å²) < 4.78 is 2.05. The van der Waals surface area contributed by atoms with Crippen molar-refractivity contribution in [1.82, 2.24) is 19.7 Å². The molecule has 1 N–H and O–H groups in total. The highest BCUT2D eigenvalue weighted by Gasteiger charge is 2.36. The molecular weight excluding hydrogens is 232 g/mol. The van der Waals surface area contributed by atoms with Crippen LogP contribution in [0.15, 0.2) is 6.33 Å². The van der Waals surface area contributed by atoms with Crippen LogP contribution in [-0.2, 0) is 17.9 Å². The second-order valence-corrected chi connectivity index (χ2v) is 5.21. The van der Waals surface area contributed by atoms with E-state index in [0.717, 1.165) is 51.1 Å². The van der Waals surface area contributed by atoms with Crippen molar-refractivity contribution in [3.05, 3.63) is 12.2 Å². The van der Waals surface area contributed by atoms with Gasteiger partial charge in [-0.05, 0) is 12.8 Å². The molecule has 0 saturated heterocycles. The number of carboxylic acids is 1. The minimum atomic E-state index is -0.647. The number of aliphatic carboxylic acids is 1. The Morgan fingerprint density at radius 2 is 2.17 bits per heavy atom. The molecule has 2 unspecified atom stereocenters. The first kappa shape index (κ1) is 11.6. The number of rotatable bonds is 2. The minimum absolute atomic E-state index is 0.168. The van der Waals surface area contributed by atoms with Crippen molar-refractivity contribution in [2.45, 2.75) is 44.8 Å². The Labute approximate surface area is 106 Å². The normalized spacial score (nSPS) is 28.9. The van der Waals surface area contributed by atoms with Crippen LogP contribution < -0.4 is 0 Å². The average Bonchev–Trinajstić information content (AvgIpc) is 2.85. The lowest BCUT2D eigenvalue weighted by Gasteiger charge is -2.39. The second kappa shape index (κ2) is 4.68. The van der Waals surface area contributed by atoms with Crippen LogP contribution in [0.25, 0.3) is 0 Å². The Morgan fingerprint density at radius 1 is 1.33 bits per heavy atom. The Hall–Kier alpha value is -1.43. The summed E-state index contributed by atoms with van der Waals surface area (Å²) in [5.41, 5.74) is 0. The van der Waals surface area contributed by atoms with Crippen molar-refractivity contribution in [3.63, 3.8) is 0 Å². The summed E-state index contributed by atoms with van der Waals surface area (Å²) in [5.74, 6) is 0.0934. The lowest BCUT2D eigenvalue weighted by molar-refractivity contribution is -0.146. The molecule has 3 rings (SSSR count). The second-order valence-electron chi connectivity index (χ2n) is 5.21. The maximum atomic E-state index is 11.3. The van der Waals surface area contributed by atoms with Gasteiger partial charge in [0, 0.05) is 19.1 Å². The third-order valence-electron chi connectivity index (χ3n) is 4.18. The maximum Gasteiger partial charge on any atom is 0.308 e. The zero-order valence-electron chi connectivity index (χ0n) is 10.3. The maximum absolute atomic E-state index is 11.3. The van der Waals surface area contributed by atoms with E-state index in [2.05, 4.69) is 19.7 Å². The van der Waals surface area contributed by atoms with E-state index in [1.807, 2.05) is 0 Å². The smallest absolute Gasteiger partial charge is 0.308 e. The summed E-state index contributed by atoms with van der Waals surface area (Å²) in [6.07, 6.45) is 5.73. The van der Waals surface area contributed by atoms with Crippen LogP contribution in [0.5, 0.6) is 0 Å². The molecule has 2 heterocycles. The summed E-state index contributed by atoms with van der Waals surface area (Å²) >= 11 is 0. The molecule has 1 saturated carbocycles. The highest BCUT2D eigenvalue weighted by atomic mass is 16.4. The van der Waals surface area contributed by atoms with Crippen molar-refractivity contribution in [2.24, 2.45) is 5.92 Å². The van der Waals surface area contributed by atoms with E-state index in [4.69, 9.17) is 0 Å². The first-order chi connectivity index (χ1) is 8.75. The number of carbonyl (C=O) groups is 1. The molecule has 18 heavy (non-hydrogen) atoms. The van der Waals surface area contributed by atoms with Crippen LogP contribution >= 0.6 is 0 Å². The predicted molar refractivity (Wildman–Crippen MR) is 63.8 cm³/mol. The van der Waals surface area contributed by atoms with Crippen LogP contribution in [0.4, 0.5) is 0 Å². The van der Waals surface area contributed by atoms with E-state index in [1.165, 1.54) is 0 Å². The summed E-state index contributed by atoms with van der Waals surface area (Å²) in [5, 5.41) is 17.3. The molecule has 0 amide bonds. The van der Waals surface area contributed by atoms with Gasteiger partial charge in [-0.25, -0.2) is 0 Å².